The Hall–Kier alpha value is -2.16. The quantitative estimate of drug-likeness (QED) is 0.757. The summed E-state index contributed by atoms with van der Waals surface area (Å²) in [5.41, 5.74) is 0. The Labute approximate surface area is 129 Å². The molecule has 1 aliphatic heterocycles. The van der Waals surface area contributed by atoms with Crippen LogP contribution in [0.25, 0.3) is 0 Å². The molecule has 22 heavy (non-hydrogen) atoms. The number of likely N-dealkylation sites (N-methyl/N-ethyl adjacent to an activating group) is 1. The zero-order valence-corrected chi connectivity index (χ0v) is 13.4. The Balaban J connectivity index is 2.27. The average molecular weight is 310 g/mol. The van der Waals surface area contributed by atoms with Crippen LogP contribution >= 0.6 is 0 Å². The van der Waals surface area contributed by atoms with E-state index in [2.05, 4.69) is 25.2 Å². The maximum atomic E-state index is 12.0. The maximum Gasteiger partial charge on any atom is 0.324 e. The van der Waals surface area contributed by atoms with E-state index in [1.165, 1.54) is 14.2 Å². The minimum absolute atomic E-state index is 0.00624. The molecule has 1 N–H and O–H groups in total. The average Bonchev–Trinajstić information content (AvgIpc) is 2.75. The van der Waals surface area contributed by atoms with Gasteiger partial charge in [-0.3, -0.25) is 4.79 Å². The summed E-state index contributed by atoms with van der Waals surface area (Å²) in [4.78, 5) is 28.6. The number of hydrogen-bond donors (Lipinski definition) is 1. The largest absolute Gasteiger partial charge is 0.467 e. The first-order valence-corrected chi connectivity index (χ1v) is 7.06. The summed E-state index contributed by atoms with van der Waals surface area (Å²) in [6, 6.07) is 0.381. The molecule has 2 heterocycles. The van der Waals surface area contributed by atoms with Gasteiger partial charge >= 0.3 is 12.0 Å². The van der Waals surface area contributed by atoms with Crippen LogP contribution in [0.2, 0.25) is 0 Å². The molecular formula is C13H22N6O3. The van der Waals surface area contributed by atoms with Crippen molar-refractivity contribution in [2.24, 2.45) is 5.92 Å². The van der Waals surface area contributed by atoms with Gasteiger partial charge in [-0.1, -0.05) is 0 Å². The van der Waals surface area contributed by atoms with Crippen LogP contribution < -0.4 is 19.7 Å². The molecule has 1 aromatic heterocycles. The van der Waals surface area contributed by atoms with Gasteiger partial charge in [0.2, 0.25) is 11.9 Å². The number of carbonyl (C=O) groups excluding carboxylic acids is 1. The van der Waals surface area contributed by atoms with Gasteiger partial charge < -0.3 is 24.6 Å². The van der Waals surface area contributed by atoms with E-state index < -0.39 is 0 Å². The second-order valence-electron chi connectivity index (χ2n) is 5.13. The number of anilines is 1. The lowest BCUT2D eigenvalue weighted by atomic mass is 10.1. The topological polar surface area (TPSA) is 92.7 Å². The minimum Gasteiger partial charge on any atom is -0.467 e. The third-order valence-electron chi connectivity index (χ3n) is 3.57. The van der Waals surface area contributed by atoms with E-state index in [0.29, 0.717) is 25.6 Å². The van der Waals surface area contributed by atoms with E-state index in [-0.39, 0.29) is 23.8 Å². The molecule has 0 aromatic carbocycles. The minimum atomic E-state index is -0.161. The molecule has 1 aromatic rings. The number of aromatic nitrogens is 3. The number of rotatable bonds is 4. The molecule has 9 nitrogen and oxygen atoms in total. The third kappa shape index (κ3) is 3.73. The molecule has 122 valence electrons. The molecular weight excluding hydrogens is 288 g/mol. The first-order chi connectivity index (χ1) is 10.6. The van der Waals surface area contributed by atoms with Gasteiger partial charge in [-0.2, -0.15) is 9.97 Å². The van der Waals surface area contributed by atoms with E-state index in [1.54, 1.807) is 7.05 Å². The number of ether oxygens (including phenoxy) is 2. The Morgan fingerprint density at radius 2 is 1.77 bits per heavy atom. The fraction of sp³-hybridized carbons (Fsp3) is 0.692. The molecule has 2 rings (SSSR count). The van der Waals surface area contributed by atoms with Crippen LogP contribution in [0.3, 0.4) is 0 Å². The molecule has 0 radical (unpaired) electrons. The molecule has 1 fully saturated rings. The first kappa shape index (κ1) is 16.2. The number of hydrogen-bond acceptors (Lipinski definition) is 8. The summed E-state index contributed by atoms with van der Waals surface area (Å²) in [5, 5.41) is 2.71. The summed E-state index contributed by atoms with van der Waals surface area (Å²) in [6.07, 6.45) is 0. The summed E-state index contributed by atoms with van der Waals surface area (Å²) >= 11 is 0. The summed E-state index contributed by atoms with van der Waals surface area (Å²) < 4.78 is 10.2. The lowest BCUT2D eigenvalue weighted by molar-refractivity contribution is -0.124. The van der Waals surface area contributed by atoms with Crippen molar-refractivity contribution in [3.8, 4) is 12.0 Å². The van der Waals surface area contributed by atoms with Crippen LogP contribution in [-0.2, 0) is 4.79 Å². The zero-order chi connectivity index (χ0) is 16.1. The number of methoxy groups -OCH3 is 2. The van der Waals surface area contributed by atoms with Crippen LogP contribution in [0, 0.1) is 5.92 Å². The Bertz CT molecular complexity index is 504. The number of carbonyl (C=O) groups is 1. The molecule has 1 amide bonds. The standard InChI is InChI=1S/C13H22N6O3/c1-14-10(20)9-7-18(2)5-6-19(8-9)11-15-12(21-3)17-13(16-11)22-4/h9H,5-8H2,1-4H3,(H,14,20)/t9-/m1/s1. The van der Waals surface area contributed by atoms with Gasteiger partial charge in [0.05, 0.1) is 20.1 Å². The van der Waals surface area contributed by atoms with Crippen molar-refractivity contribution < 1.29 is 14.3 Å². The summed E-state index contributed by atoms with van der Waals surface area (Å²) in [6.45, 7) is 2.74. The zero-order valence-electron chi connectivity index (χ0n) is 13.4. The van der Waals surface area contributed by atoms with Crippen molar-refractivity contribution in [1.82, 2.24) is 25.2 Å². The number of nitrogens with zero attached hydrogens (tertiary/aromatic N) is 5. The predicted octanol–water partition coefficient (Wildman–Crippen LogP) is -0.997. The van der Waals surface area contributed by atoms with E-state index in [1.807, 2.05) is 11.9 Å². The second kappa shape index (κ2) is 7.21. The molecule has 9 heteroatoms. The highest BCUT2D eigenvalue weighted by atomic mass is 16.5. The van der Waals surface area contributed by atoms with Crippen molar-refractivity contribution in [1.29, 1.82) is 0 Å². The van der Waals surface area contributed by atoms with E-state index >= 15 is 0 Å². The fourth-order valence-corrected chi connectivity index (χ4v) is 2.38. The van der Waals surface area contributed by atoms with E-state index in [9.17, 15) is 4.79 Å². The maximum absolute atomic E-state index is 12.0. The number of nitrogens with one attached hydrogen (secondary N) is 1. The molecule has 1 aliphatic rings. The van der Waals surface area contributed by atoms with Crippen molar-refractivity contribution >= 4 is 11.9 Å². The normalized spacial score (nSPS) is 19.5. The van der Waals surface area contributed by atoms with Crippen LogP contribution in [0.4, 0.5) is 5.95 Å². The Morgan fingerprint density at radius 1 is 1.14 bits per heavy atom. The van der Waals surface area contributed by atoms with Gasteiger partial charge in [0, 0.05) is 33.2 Å². The highest BCUT2D eigenvalue weighted by Crippen LogP contribution is 2.19. The van der Waals surface area contributed by atoms with E-state index in [4.69, 9.17) is 9.47 Å². The lowest BCUT2D eigenvalue weighted by Crippen LogP contribution is -2.39. The van der Waals surface area contributed by atoms with Gasteiger partial charge in [-0.25, -0.2) is 0 Å². The molecule has 0 bridgehead atoms. The van der Waals surface area contributed by atoms with Crippen molar-refractivity contribution in [2.75, 3.05) is 59.4 Å². The van der Waals surface area contributed by atoms with Crippen molar-refractivity contribution in [3.63, 3.8) is 0 Å². The van der Waals surface area contributed by atoms with Gasteiger partial charge in [-0.15, -0.1) is 4.98 Å². The Kier molecular flexibility index (Phi) is 5.31. The lowest BCUT2D eigenvalue weighted by Gasteiger charge is -2.23. The van der Waals surface area contributed by atoms with Gasteiger partial charge in [0.1, 0.15) is 0 Å². The summed E-state index contributed by atoms with van der Waals surface area (Å²) in [7, 11) is 6.62. The molecule has 0 unspecified atom stereocenters. The van der Waals surface area contributed by atoms with Crippen LogP contribution in [0.15, 0.2) is 0 Å². The third-order valence-corrected chi connectivity index (χ3v) is 3.57. The molecule has 0 saturated carbocycles. The summed E-state index contributed by atoms with van der Waals surface area (Å²) in [5.74, 6) is 0.297. The predicted molar refractivity (Wildman–Crippen MR) is 80.2 cm³/mol. The van der Waals surface area contributed by atoms with Crippen molar-refractivity contribution in [2.45, 2.75) is 0 Å². The molecule has 1 saturated heterocycles. The van der Waals surface area contributed by atoms with Gasteiger partial charge in [0.15, 0.2) is 0 Å². The van der Waals surface area contributed by atoms with Crippen LogP contribution in [0.5, 0.6) is 12.0 Å². The SMILES string of the molecule is CNC(=O)[C@@H]1CN(C)CCN(c2nc(OC)nc(OC)n2)C1. The highest BCUT2D eigenvalue weighted by molar-refractivity contribution is 5.79. The molecule has 0 spiro atoms. The van der Waals surface area contributed by atoms with Crippen LogP contribution in [-0.4, -0.2) is 80.3 Å². The van der Waals surface area contributed by atoms with E-state index in [0.717, 1.165) is 6.54 Å². The fourth-order valence-electron chi connectivity index (χ4n) is 2.38. The molecule has 0 aliphatic carbocycles. The smallest absolute Gasteiger partial charge is 0.324 e. The Morgan fingerprint density at radius 3 is 2.32 bits per heavy atom. The highest BCUT2D eigenvalue weighted by Gasteiger charge is 2.28. The first-order valence-electron chi connectivity index (χ1n) is 7.06. The van der Waals surface area contributed by atoms with Crippen LogP contribution in [0.1, 0.15) is 0 Å². The van der Waals surface area contributed by atoms with Crippen molar-refractivity contribution in [3.05, 3.63) is 0 Å². The monoisotopic (exact) mass is 310 g/mol. The second-order valence-corrected chi connectivity index (χ2v) is 5.13. The van der Waals surface area contributed by atoms with Gasteiger partial charge in [0.25, 0.3) is 0 Å². The molecule has 1 atom stereocenters. The van der Waals surface area contributed by atoms with Gasteiger partial charge in [-0.05, 0) is 7.05 Å². The number of amides is 1.